The second kappa shape index (κ2) is 12.2. The monoisotopic (exact) mass is 490 g/mol. The molecule has 1 aliphatic heterocycles. The summed E-state index contributed by atoms with van der Waals surface area (Å²) in [4.78, 5) is 6.05. The average Bonchev–Trinajstić information content (AvgIpc) is 3.23. The highest BCUT2D eigenvalue weighted by molar-refractivity contribution is 7.13. The van der Waals surface area contributed by atoms with Gasteiger partial charge in [-0.3, -0.25) is 4.90 Å². The molecule has 0 amide bonds. The molecule has 1 saturated heterocycles. The molecule has 5 atom stereocenters. The fourth-order valence-electron chi connectivity index (χ4n) is 3.67. The predicted octanol–water partition coefficient (Wildman–Crippen LogP) is 1.87. The Labute approximate surface area is 194 Å². The van der Waals surface area contributed by atoms with Crippen molar-refractivity contribution in [3.05, 3.63) is 40.9 Å². The van der Waals surface area contributed by atoms with E-state index < -0.39 is 42.2 Å². The van der Waals surface area contributed by atoms with Crippen LogP contribution in [-0.4, -0.2) is 87.1 Å². The van der Waals surface area contributed by atoms with Crippen molar-refractivity contribution in [1.82, 2.24) is 9.88 Å². The number of β-amino-alcohol motifs (C(OH)–C–C–N with tert-alkyl or cyclic N) is 2. The Morgan fingerprint density at radius 2 is 1.76 bits per heavy atom. The van der Waals surface area contributed by atoms with Crippen molar-refractivity contribution in [3.8, 4) is 10.6 Å². The molecule has 0 bridgehead atoms. The molecule has 33 heavy (non-hydrogen) atoms. The standard InChI is InChI=1S/C22H29F3N2O5S/c23-14(3-1-2-6-27-8-18(28)20(30)21(31)19(29)9-27)10-32-11-15-12-33-22(26-15)13-4-5-16(24)17(25)7-13/h4-5,7,12,14,18-21,28-31H,1-3,6,8-11H2/t14?,18-,19-,20+,21+/m0/s1. The molecule has 0 aliphatic carbocycles. The molecule has 1 unspecified atom stereocenters. The van der Waals surface area contributed by atoms with Gasteiger partial charge in [0.25, 0.3) is 0 Å². The number of benzene rings is 1. The number of halogens is 3. The molecule has 11 heteroatoms. The lowest BCUT2D eigenvalue weighted by Gasteiger charge is -2.23. The molecule has 1 aliphatic rings. The van der Waals surface area contributed by atoms with Crippen molar-refractivity contribution < 1.29 is 38.3 Å². The van der Waals surface area contributed by atoms with Crippen LogP contribution in [0.1, 0.15) is 25.0 Å². The van der Waals surface area contributed by atoms with Gasteiger partial charge in [-0.25, -0.2) is 18.2 Å². The maximum atomic E-state index is 14.1. The molecular formula is C22H29F3N2O5S. The number of alkyl halides is 1. The van der Waals surface area contributed by atoms with Gasteiger partial charge in [0, 0.05) is 24.0 Å². The summed E-state index contributed by atoms with van der Waals surface area (Å²) >= 11 is 1.26. The second-order valence-electron chi connectivity index (χ2n) is 8.26. The fraction of sp³-hybridized carbons (Fsp3) is 0.591. The van der Waals surface area contributed by atoms with E-state index in [1.165, 1.54) is 17.4 Å². The summed E-state index contributed by atoms with van der Waals surface area (Å²) in [6.07, 6.45) is -4.82. The van der Waals surface area contributed by atoms with Gasteiger partial charge in [0.1, 0.15) is 23.4 Å². The lowest BCUT2D eigenvalue weighted by molar-refractivity contribution is -0.0894. The first-order valence-corrected chi connectivity index (χ1v) is 11.7. The molecule has 3 rings (SSSR count). The van der Waals surface area contributed by atoms with Crippen LogP contribution in [0.2, 0.25) is 0 Å². The Hall–Kier alpha value is -1.60. The van der Waals surface area contributed by atoms with Gasteiger partial charge < -0.3 is 25.2 Å². The van der Waals surface area contributed by atoms with Crippen LogP contribution in [-0.2, 0) is 11.3 Å². The molecule has 0 spiro atoms. The summed E-state index contributed by atoms with van der Waals surface area (Å²) in [7, 11) is 0. The summed E-state index contributed by atoms with van der Waals surface area (Å²) < 4.78 is 46.0. The topological polar surface area (TPSA) is 106 Å². The quantitative estimate of drug-likeness (QED) is 0.377. The first-order valence-electron chi connectivity index (χ1n) is 10.8. The maximum Gasteiger partial charge on any atom is 0.159 e. The Kier molecular flexibility index (Phi) is 9.62. The molecule has 7 nitrogen and oxygen atoms in total. The molecule has 1 aromatic heterocycles. The van der Waals surface area contributed by atoms with Crippen molar-refractivity contribution in [1.29, 1.82) is 0 Å². The van der Waals surface area contributed by atoms with Crippen molar-refractivity contribution in [2.75, 3.05) is 26.2 Å². The smallest absolute Gasteiger partial charge is 0.159 e. The lowest BCUT2D eigenvalue weighted by atomic mass is 10.1. The van der Waals surface area contributed by atoms with Gasteiger partial charge >= 0.3 is 0 Å². The number of aliphatic hydroxyl groups is 4. The number of nitrogens with zero attached hydrogens (tertiary/aromatic N) is 2. The van der Waals surface area contributed by atoms with Crippen LogP contribution < -0.4 is 0 Å². The SMILES string of the molecule is O[C@H]1[C@H](O)[C@@H](O)CN(CCCCC(F)COCc2csc(-c3ccc(F)c(F)c3)n2)C[C@@H]1O. The number of hydrogen-bond acceptors (Lipinski definition) is 8. The Morgan fingerprint density at radius 3 is 2.42 bits per heavy atom. The second-order valence-corrected chi connectivity index (χ2v) is 9.11. The zero-order valence-corrected chi connectivity index (χ0v) is 18.8. The number of aliphatic hydroxyl groups excluding tert-OH is 4. The first-order chi connectivity index (χ1) is 15.7. The number of rotatable bonds is 10. The Bertz CT molecular complexity index is 873. The van der Waals surface area contributed by atoms with Gasteiger partial charge in [-0.1, -0.05) is 0 Å². The van der Waals surface area contributed by atoms with E-state index in [4.69, 9.17) is 4.74 Å². The minimum Gasteiger partial charge on any atom is -0.389 e. The van der Waals surface area contributed by atoms with E-state index >= 15 is 0 Å². The highest BCUT2D eigenvalue weighted by Gasteiger charge is 2.35. The summed E-state index contributed by atoms with van der Waals surface area (Å²) in [5.74, 6) is -1.87. The molecule has 4 N–H and O–H groups in total. The Morgan fingerprint density at radius 1 is 1.06 bits per heavy atom. The number of ether oxygens (including phenoxy) is 1. The molecule has 1 aromatic carbocycles. The summed E-state index contributed by atoms with van der Waals surface area (Å²) in [5.41, 5.74) is 1.04. The Balaban J connectivity index is 1.33. The number of hydrogen-bond donors (Lipinski definition) is 4. The van der Waals surface area contributed by atoms with Crippen LogP contribution in [0.5, 0.6) is 0 Å². The molecule has 0 radical (unpaired) electrons. The van der Waals surface area contributed by atoms with Crippen molar-refractivity contribution in [2.45, 2.75) is 56.5 Å². The van der Waals surface area contributed by atoms with Crippen LogP contribution in [0.4, 0.5) is 13.2 Å². The third kappa shape index (κ3) is 7.44. The van der Waals surface area contributed by atoms with E-state index in [1.54, 1.807) is 10.3 Å². The van der Waals surface area contributed by atoms with Crippen LogP contribution in [0.15, 0.2) is 23.6 Å². The molecule has 2 heterocycles. The molecule has 0 saturated carbocycles. The summed E-state index contributed by atoms with van der Waals surface area (Å²) in [6.45, 7) is 0.744. The van der Waals surface area contributed by atoms with Crippen LogP contribution >= 0.6 is 11.3 Å². The first kappa shape index (κ1) is 26.0. The third-order valence-corrected chi connectivity index (χ3v) is 6.48. The van der Waals surface area contributed by atoms with E-state index in [0.29, 0.717) is 35.7 Å². The van der Waals surface area contributed by atoms with Gasteiger partial charge in [0.15, 0.2) is 11.6 Å². The van der Waals surface area contributed by atoms with Gasteiger partial charge in [-0.2, -0.15) is 0 Å². The van der Waals surface area contributed by atoms with E-state index in [2.05, 4.69) is 4.98 Å². The van der Waals surface area contributed by atoms with Crippen LogP contribution in [0.25, 0.3) is 10.6 Å². The van der Waals surface area contributed by atoms with Crippen molar-refractivity contribution >= 4 is 11.3 Å². The highest BCUT2D eigenvalue weighted by Crippen LogP contribution is 2.25. The fourth-order valence-corrected chi connectivity index (χ4v) is 4.47. The van der Waals surface area contributed by atoms with Crippen LogP contribution in [0, 0.1) is 11.6 Å². The largest absolute Gasteiger partial charge is 0.389 e. The van der Waals surface area contributed by atoms with Gasteiger partial charge in [-0.15, -0.1) is 11.3 Å². The number of unbranched alkanes of at least 4 members (excludes halogenated alkanes) is 1. The third-order valence-electron chi connectivity index (χ3n) is 5.54. The van der Waals surface area contributed by atoms with E-state index in [1.807, 2.05) is 0 Å². The van der Waals surface area contributed by atoms with Gasteiger partial charge in [0.05, 0.1) is 31.1 Å². The normalized spacial score (nSPS) is 25.2. The average molecular weight is 491 g/mol. The number of likely N-dealkylation sites (tertiary alicyclic amines) is 1. The highest BCUT2D eigenvalue weighted by atomic mass is 32.1. The summed E-state index contributed by atoms with van der Waals surface area (Å²) in [5, 5.41) is 41.4. The minimum atomic E-state index is -1.40. The molecule has 1 fully saturated rings. The molecule has 2 aromatic rings. The molecular weight excluding hydrogens is 461 g/mol. The van der Waals surface area contributed by atoms with Gasteiger partial charge in [-0.05, 0) is 44.0 Å². The summed E-state index contributed by atoms with van der Waals surface area (Å²) in [6, 6.07) is 3.56. The zero-order valence-electron chi connectivity index (χ0n) is 18.0. The minimum absolute atomic E-state index is 0.0996. The zero-order chi connectivity index (χ0) is 24.0. The van der Waals surface area contributed by atoms with E-state index in [-0.39, 0.29) is 32.7 Å². The molecule has 184 valence electrons. The van der Waals surface area contributed by atoms with E-state index in [9.17, 15) is 33.6 Å². The van der Waals surface area contributed by atoms with Crippen LogP contribution in [0.3, 0.4) is 0 Å². The number of thiazole rings is 1. The van der Waals surface area contributed by atoms with Crippen molar-refractivity contribution in [3.63, 3.8) is 0 Å². The predicted molar refractivity (Wildman–Crippen MR) is 116 cm³/mol. The lowest BCUT2D eigenvalue weighted by Crippen LogP contribution is -2.43. The van der Waals surface area contributed by atoms with Crippen molar-refractivity contribution in [2.24, 2.45) is 0 Å². The number of aromatic nitrogens is 1. The van der Waals surface area contributed by atoms with E-state index in [0.717, 1.165) is 12.1 Å². The maximum absolute atomic E-state index is 14.1. The van der Waals surface area contributed by atoms with Gasteiger partial charge in [0.2, 0.25) is 0 Å².